The van der Waals surface area contributed by atoms with Crippen LogP contribution in [-0.4, -0.2) is 28.5 Å². The number of carbonyl (C=O) groups excluding carboxylic acids is 1. The van der Waals surface area contributed by atoms with E-state index in [4.69, 9.17) is 9.47 Å². The third-order valence-corrected chi connectivity index (χ3v) is 6.05. The number of Topliss-reactive ketones (excluding diaryl/α,β-unsaturated/α-hetero) is 1. The first-order valence-electron chi connectivity index (χ1n) is 9.66. The summed E-state index contributed by atoms with van der Waals surface area (Å²) in [6.45, 7) is 1.05. The number of nitrogens with zero attached hydrogens (tertiary/aromatic N) is 2. The van der Waals surface area contributed by atoms with Crippen molar-refractivity contribution in [3.8, 4) is 21.9 Å². The van der Waals surface area contributed by atoms with Crippen molar-refractivity contribution in [2.24, 2.45) is 0 Å². The second kappa shape index (κ2) is 7.76. The maximum Gasteiger partial charge on any atom is 0.262 e. The molecule has 3 heterocycles. The van der Waals surface area contributed by atoms with E-state index >= 15 is 0 Å². The second-order valence-electron chi connectivity index (χ2n) is 7.01. The highest BCUT2D eigenvalue weighted by atomic mass is 32.1. The predicted molar refractivity (Wildman–Crippen MR) is 116 cm³/mol. The van der Waals surface area contributed by atoms with Crippen molar-refractivity contribution in [1.82, 2.24) is 9.55 Å². The molecule has 30 heavy (non-hydrogen) atoms. The van der Waals surface area contributed by atoms with Gasteiger partial charge in [0.2, 0.25) is 0 Å². The van der Waals surface area contributed by atoms with Crippen LogP contribution in [0.25, 0.3) is 20.7 Å². The number of hydrogen-bond donors (Lipinski definition) is 0. The highest BCUT2D eigenvalue weighted by Crippen LogP contribution is 2.31. The summed E-state index contributed by atoms with van der Waals surface area (Å²) in [5, 5.41) is 0.521. The van der Waals surface area contributed by atoms with Gasteiger partial charge in [0.25, 0.3) is 5.56 Å². The van der Waals surface area contributed by atoms with E-state index in [1.807, 2.05) is 36.4 Å². The summed E-state index contributed by atoms with van der Waals surface area (Å²) >= 11 is 1.47. The number of benzene rings is 2. The summed E-state index contributed by atoms with van der Waals surface area (Å²) < 4.78 is 12.6. The summed E-state index contributed by atoms with van der Waals surface area (Å²) in [5.41, 5.74) is 1.29. The normalized spacial score (nSPS) is 13.2. The van der Waals surface area contributed by atoms with Crippen LogP contribution in [-0.2, 0) is 6.54 Å². The van der Waals surface area contributed by atoms with Gasteiger partial charge in [-0.25, -0.2) is 4.98 Å². The van der Waals surface area contributed by atoms with Gasteiger partial charge in [0.05, 0.1) is 31.5 Å². The third kappa shape index (κ3) is 3.48. The van der Waals surface area contributed by atoms with E-state index in [0.29, 0.717) is 40.5 Å². The molecule has 0 amide bonds. The Bertz CT molecular complexity index is 1290. The molecule has 0 saturated carbocycles. The Balaban J connectivity index is 1.44. The molecule has 0 spiro atoms. The molecule has 2 aromatic heterocycles. The Labute approximate surface area is 176 Å². The van der Waals surface area contributed by atoms with Crippen molar-refractivity contribution >= 4 is 27.3 Å². The molecule has 4 aromatic rings. The van der Waals surface area contributed by atoms with Crippen LogP contribution in [0.5, 0.6) is 11.5 Å². The van der Waals surface area contributed by atoms with Crippen LogP contribution in [0.1, 0.15) is 16.8 Å². The molecule has 0 saturated heterocycles. The molecular formula is C23H18N2O4S. The van der Waals surface area contributed by atoms with E-state index in [9.17, 15) is 9.59 Å². The molecule has 150 valence electrons. The number of fused-ring (bicyclic) bond motifs is 2. The van der Waals surface area contributed by atoms with Crippen molar-refractivity contribution in [2.45, 2.75) is 13.0 Å². The molecule has 1 aliphatic rings. The van der Waals surface area contributed by atoms with E-state index in [-0.39, 0.29) is 17.9 Å². The van der Waals surface area contributed by atoms with E-state index in [0.717, 1.165) is 16.9 Å². The van der Waals surface area contributed by atoms with Crippen molar-refractivity contribution in [3.05, 3.63) is 76.8 Å². The Morgan fingerprint density at radius 1 is 1.03 bits per heavy atom. The standard InChI is InChI=1S/C23H18N2O4S/c26-18(16-7-8-19-20(11-16)29-10-4-9-28-19)13-25-14-24-22-17(23(25)27)12-21(30-22)15-5-2-1-3-6-15/h1-3,5-8,11-12,14H,4,9-10,13H2. The summed E-state index contributed by atoms with van der Waals surface area (Å²) in [4.78, 5) is 31.8. The maximum atomic E-state index is 13.0. The molecule has 0 fully saturated rings. The number of ketones is 1. The molecule has 7 heteroatoms. The molecule has 0 radical (unpaired) electrons. The second-order valence-corrected chi connectivity index (χ2v) is 8.04. The first-order valence-corrected chi connectivity index (χ1v) is 10.5. The molecule has 6 nitrogen and oxygen atoms in total. The monoisotopic (exact) mass is 418 g/mol. The lowest BCUT2D eigenvalue weighted by Crippen LogP contribution is -2.24. The molecule has 0 N–H and O–H groups in total. The van der Waals surface area contributed by atoms with Gasteiger partial charge < -0.3 is 9.47 Å². The van der Waals surface area contributed by atoms with Crippen molar-refractivity contribution in [2.75, 3.05) is 13.2 Å². The molecule has 0 unspecified atom stereocenters. The number of carbonyl (C=O) groups is 1. The molecule has 0 aliphatic carbocycles. The largest absolute Gasteiger partial charge is 0.490 e. The zero-order chi connectivity index (χ0) is 20.5. The fourth-order valence-corrected chi connectivity index (χ4v) is 4.39. The van der Waals surface area contributed by atoms with Gasteiger partial charge in [-0.3, -0.25) is 14.2 Å². The van der Waals surface area contributed by atoms with Gasteiger partial charge in [-0.05, 0) is 29.8 Å². The highest BCUT2D eigenvalue weighted by molar-refractivity contribution is 7.21. The molecule has 2 aromatic carbocycles. The summed E-state index contributed by atoms with van der Waals surface area (Å²) in [6.07, 6.45) is 2.24. The lowest BCUT2D eigenvalue weighted by atomic mass is 10.1. The molecule has 1 aliphatic heterocycles. The Kier molecular flexibility index (Phi) is 4.80. The molecule has 5 rings (SSSR count). The lowest BCUT2D eigenvalue weighted by molar-refractivity contribution is 0.0970. The molecular weight excluding hydrogens is 400 g/mol. The third-order valence-electron chi connectivity index (χ3n) is 4.96. The first-order chi connectivity index (χ1) is 14.7. The van der Waals surface area contributed by atoms with Crippen LogP contribution in [0.15, 0.2) is 65.7 Å². The lowest BCUT2D eigenvalue weighted by Gasteiger charge is -2.09. The topological polar surface area (TPSA) is 70.4 Å². The Morgan fingerprint density at radius 2 is 1.83 bits per heavy atom. The molecule has 0 atom stereocenters. The van der Waals surface area contributed by atoms with E-state index < -0.39 is 0 Å². The fourth-order valence-electron chi connectivity index (χ4n) is 3.40. The summed E-state index contributed by atoms with van der Waals surface area (Å²) in [6, 6.07) is 16.8. The van der Waals surface area contributed by atoms with Gasteiger partial charge in [0.1, 0.15) is 4.83 Å². The van der Waals surface area contributed by atoms with Crippen LogP contribution < -0.4 is 15.0 Å². The van der Waals surface area contributed by atoms with Crippen molar-refractivity contribution in [3.63, 3.8) is 0 Å². The first kappa shape index (κ1) is 18.6. The Hall–Kier alpha value is -3.45. The van der Waals surface area contributed by atoms with Crippen LogP contribution in [0.2, 0.25) is 0 Å². The van der Waals surface area contributed by atoms with Gasteiger partial charge in [0.15, 0.2) is 17.3 Å². The van der Waals surface area contributed by atoms with Gasteiger partial charge in [0, 0.05) is 16.9 Å². The number of thiophene rings is 1. The van der Waals surface area contributed by atoms with E-state index in [2.05, 4.69) is 4.98 Å². The van der Waals surface area contributed by atoms with Gasteiger partial charge >= 0.3 is 0 Å². The molecule has 0 bridgehead atoms. The SMILES string of the molecule is O=C(Cn1cnc2sc(-c3ccccc3)cc2c1=O)c1ccc2c(c1)OCCCO2. The minimum absolute atomic E-state index is 0.0854. The van der Waals surface area contributed by atoms with Gasteiger partial charge in [-0.2, -0.15) is 0 Å². The quantitative estimate of drug-likeness (QED) is 0.465. The van der Waals surface area contributed by atoms with Crippen LogP contribution >= 0.6 is 11.3 Å². The zero-order valence-electron chi connectivity index (χ0n) is 16.0. The van der Waals surface area contributed by atoms with Crippen molar-refractivity contribution in [1.29, 1.82) is 0 Å². The highest BCUT2D eigenvalue weighted by Gasteiger charge is 2.16. The smallest absolute Gasteiger partial charge is 0.262 e. The van der Waals surface area contributed by atoms with E-state index in [1.54, 1.807) is 18.2 Å². The summed E-state index contributed by atoms with van der Waals surface area (Å²) in [5.74, 6) is 1.01. The number of rotatable bonds is 4. The van der Waals surface area contributed by atoms with Crippen LogP contribution in [0, 0.1) is 0 Å². The predicted octanol–water partition coefficient (Wildman–Crippen LogP) is 4.17. The average molecular weight is 418 g/mol. The average Bonchev–Trinajstić information content (AvgIpc) is 3.08. The number of hydrogen-bond acceptors (Lipinski definition) is 6. The van der Waals surface area contributed by atoms with Crippen molar-refractivity contribution < 1.29 is 14.3 Å². The zero-order valence-corrected chi connectivity index (χ0v) is 16.9. The summed E-state index contributed by atoms with van der Waals surface area (Å²) in [7, 11) is 0. The van der Waals surface area contributed by atoms with Crippen LogP contribution in [0.3, 0.4) is 0 Å². The maximum absolute atomic E-state index is 13.0. The van der Waals surface area contributed by atoms with Crippen LogP contribution in [0.4, 0.5) is 0 Å². The number of ether oxygens (including phenoxy) is 2. The van der Waals surface area contributed by atoms with Gasteiger partial charge in [-0.1, -0.05) is 30.3 Å². The van der Waals surface area contributed by atoms with Gasteiger partial charge in [-0.15, -0.1) is 11.3 Å². The number of aromatic nitrogens is 2. The van der Waals surface area contributed by atoms with E-state index in [1.165, 1.54) is 22.2 Å². The fraction of sp³-hybridized carbons (Fsp3) is 0.174. The minimum atomic E-state index is -0.221. The minimum Gasteiger partial charge on any atom is -0.490 e. The Morgan fingerprint density at radius 3 is 2.67 bits per heavy atom.